The molecule has 0 saturated carbocycles. The summed E-state index contributed by atoms with van der Waals surface area (Å²) in [4.78, 5) is 28.3. The van der Waals surface area contributed by atoms with Crippen molar-refractivity contribution in [2.75, 3.05) is 31.6 Å². The number of likely N-dealkylation sites (tertiary alicyclic amines) is 1. The number of carbonyl (C=O) groups excluding carboxylic acids is 2. The zero-order chi connectivity index (χ0) is 19.5. The van der Waals surface area contributed by atoms with Gasteiger partial charge in [0, 0.05) is 56.8 Å². The molecule has 0 radical (unpaired) electrons. The summed E-state index contributed by atoms with van der Waals surface area (Å²) >= 11 is 0. The fourth-order valence-corrected chi connectivity index (χ4v) is 4.41. The second-order valence-electron chi connectivity index (χ2n) is 7.69. The number of anilines is 1. The van der Waals surface area contributed by atoms with E-state index in [0.29, 0.717) is 23.8 Å². The van der Waals surface area contributed by atoms with E-state index >= 15 is 0 Å². The Morgan fingerprint density at radius 1 is 1.14 bits per heavy atom. The van der Waals surface area contributed by atoms with E-state index in [2.05, 4.69) is 40.5 Å². The van der Waals surface area contributed by atoms with Gasteiger partial charge in [-0.15, -0.1) is 0 Å². The van der Waals surface area contributed by atoms with Crippen molar-refractivity contribution in [3.8, 4) is 0 Å². The van der Waals surface area contributed by atoms with Gasteiger partial charge in [0.1, 0.15) is 0 Å². The van der Waals surface area contributed by atoms with Crippen molar-refractivity contribution in [1.29, 1.82) is 0 Å². The highest BCUT2D eigenvalue weighted by atomic mass is 16.2. The second-order valence-corrected chi connectivity index (χ2v) is 7.69. The van der Waals surface area contributed by atoms with Gasteiger partial charge < -0.3 is 15.1 Å². The zero-order valence-electron chi connectivity index (χ0n) is 16.4. The van der Waals surface area contributed by atoms with Gasteiger partial charge in [0.15, 0.2) is 0 Å². The largest absolute Gasteiger partial charge is 0.366 e. The zero-order valence-corrected chi connectivity index (χ0v) is 16.4. The maximum Gasteiger partial charge on any atom is 0.251 e. The molecule has 2 aromatic rings. The first kappa shape index (κ1) is 18.5. The third kappa shape index (κ3) is 3.75. The van der Waals surface area contributed by atoms with Crippen molar-refractivity contribution in [3.05, 3.63) is 65.2 Å². The summed E-state index contributed by atoms with van der Waals surface area (Å²) in [5.41, 5.74) is 4.46. The molecule has 1 saturated heterocycles. The average molecular weight is 377 g/mol. The number of rotatable bonds is 6. The Morgan fingerprint density at radius 2 is 2.00 bits per heavy atom. The molecule has 5 nitrogen and oxygen atoms in total. The molecule has 0 bridgehead atoms. The summed E-state index contributed by atoms with van der Waals surface area (Å²) in [5.74, 6) is 0.678. The number of amides is 2. The van der Waals surface area contributed by atoms with Crippen LogP contribution in [0.3, 0.4) is 0 Å². The van der Waals surface area contributed by atoms with E-state index in [4.69, 9.17) is 0 Å². The number of benzene rings is 2. The number of hydrogen-bond donors (Lipinski definition) is 1. The van der Waals surface area contributed by atoms with E-state index < -0.39 is 0 Å². The molecular weight excluding hydrogens is 350 g/mol. The smallest absolute Gasteiger partial charge is 0.251 e. The van der Waals surface area contributed by atoms with Crippen molar-refractivity contribution in [3.63, 3.8) is 0 Å². The van der Waals surface area contributed by atoms with E-state index in [1.165, 1.54) is 11.3 Å². The van der Waals surface area contributed by atoms with E-state index in [-0.39, 0.29) is 5.91 Å². The number of nitrogens with one attached hydrogen (secondary N) is 1. The van der Waals surface area contributed by atoms with Crippen LogP contribution in [0.2, 0.25) is 0 Å². The molecule has 146 valence electrons. The lowest BCUT2D eigenvalue weighted by atomic mass is 9.98. The molecule has 1 fully saturated rings. The summed E-state index contributed by atoms with van der Waals surface area (Å²) in [7, 11) is 1.65. The fraction of sp³-hybridized carbons (Fsp3) is 0.391. The summed E-state index contributed by atoms with van der Waals surface area (Å²) in [6.07, 6.45) is 2.69. The second kappa shape index (κ2) is 8.05. The number of nitrogens with zero attached hydrogens (tertiary/aromatic N) is 2. The summed E-state index contributed by atoms with van der Waals surface area (Å²) in [6, 6.07) is 16.4. The Morgan fingerprint density at radius 3 is 2.79 bits per heavy atom. The van der Waals surface area contributed by atoms with Crippen LogP contribution < -0.4 is 10.2 Å². The van der Waals surface area contributed by atoms with Crippen LogP contribution in [0.5, 0.6) is 0 Å². The van der Waals surface area contributed by atoms with Gasteiger partial charge in [0.2, 0.25) is 5.91 Å². The van der Waals surface area contributed by atoms with Crippen molar-refractivity contribution >= 4 is 17.5 Å². The lowest BCUT2D eigenvalue weighted by Gasteiger charge is -2.21. The van der Waals surface area contributed by atoms with Gasteiger partial charge in [-0.2, -0.15) is 0 Å². The van der Waals surface area contributed by atoms with Crippen LogP contribution in [0.1, 0.15) is 46.7 Å². The molecule has 0 aliphatic carbocycles. The molecule has 0 aromatic heterocycles. The molecule has 2 aromatic carbocycles. The predicted molar refractivity (Wildman–Crippen MR) is 110 cm³/mol. The highest BCUT2D eigenvalue weighted by Gasteiger charge is 2.29. The SMILES string of the molecule is CNC(=O)c1cccc(CN2CC(CCN3CCCC3=O)c3ccccc32)c1. The minimum Gasteiger partial charge on any atom is -0.366 e. The van der Waals surface area contributed by atoms with Crippen molar-refractivity contribution < 1.29 is 9.59 Å². The van der Waals surface area contributed by atoms with Gasteiger partial charge in [-0.3, -0.25) is 9.59 Å². The Kier molecular flexibility index (Phi) is 5.33. The minimum atomic E-state index is -0.0585. The van der Waals surface area contributed by atoms with Crippen LogP contribution in [-0.2, 0) is 11.3 Å². The Labute approximate surface area is 166 Å². The number of fused-ring (bicyclic) bond motifs is 1. The minimum absolute atomic E-state index is 0.0585. The van der Waals surface area contributed by atoms with Gasteiger partial charge in [-0.25, -0.2) is 0 Å². The quantitative estimate of drug-likeness (QED) is 0.841. The highest BCUT2D eigenvalue weighted by Crippen LogP contribution is 2.39. The van der Waals surface area contributed by atoms with Gasteiger partial charge >= 0.3 is 0 Å². The molecule has 28 heavy (non-hydrogen) atoms. The van der Waals surface area contributed by atoms with Crippen molar-refractivity contribution in [2.24, 2.45) is 0 Å². The predicted octanol–water partition coefficient (Wildman–Crippen LogP) is 3.16. The van der Waals surface area contributed by atoms with Crippen LogP contribution >= 0.6 is 0 Å². The average Bonchev–Trinajstić information content (AvgIpc) is 3.29. The maximum absolute atomic E-state index is 11.9. The Hall–Kier alpha value is -2.82. The van der Waals surface area contributed by atoms with Gasteiger partial charge in [0.25, 0.3) is 5.91 Å². The fourth-order valence-electron chi connectivity index (χ4n) is 4.41. The molecule has 0 spiro atoms. The summed E-state index contributed by atoms with van der Waals surface area (Å²) in [5, 5.41) is 2.69. The van der Waals surface area contributed by atoms with Gasteiger partial charge in [0.05, 0.1) is 0 Å². The maximum atomic E-state index is 11.9. The summed E-state index contributed by atoms with van der Waals surface area (Å²) in [6.45, 7) is 3.48. The highest BCUT2D eigenvalue weighted by molar-refractivity contribution is 5.94. The van der Waals surface area contributed by atoms with Crippen LogP contribution in [-0.4, -0.2) is 43.4 Å². The van der Waals surface area contributed by atoms with E-state index in [1.54, 1.807) is 7.05 Å². The van der Waals surface area contributed by atoms with E-state index in [1.807, 2.05) is 23.1 Å². The number of carbonyl (C=O) groups is 2. The Balaban J connectivity index is 1.48. The van der Waals surface area contributed by atoms with E-state index in [0.717, 1.165) is 44.6 Å². The summed E-state index contributed by atoms with van der Waals surface area (Å²) < 4.78 is 0. The molecule has 1 atom stereocenters. The molecule has 2 aliphatic rings. The standard InChI is InChI=1S/C23H27N3O2/c1-24-23(28)18-7-4-6-17(14-18)15-26-16-19(20-8-2-3-9-21(20)26)11-13-25-12-5-10-22(25)27/h2-4,6-9,14,19H,5,10-13,15-16H2,1H3,(H,24,28). The number of hydrogen-bond acceptors (Lipinski definition) is 3. The molecule has 4 rings (SSSR count). The monoisotopic (exact) mass is 377 g/mol. The van der Waals surface area contributed by atoms with Gasteiger partial charge in [-0.1, -0.05) is 30.3 Å². The molecular formula is C23H27N3O2. The van der Waals surface area contributed by atoms with Crippen LogP contribution in [0.15, 0.2) is 48.5 Å². The molecule has 1 unspecified atom stereocenters. The van der Waals surface area contributed by atoms with Gasteiger partial charge in [-0.05, 0) is 42.2 Å². The number of para-hydroxylation sites is 1. The lowest BCUT2D eigenvalue weighted by Crippen LogP contribution is -2.28. The topological polar surface area (TPSA) is 52.7 Å². The normalized spacial score (nSPS) is 18.5. The lowest BCUT2D eigenvalue weighted by molar-refractivity contribution is -0.127. The molecule has 2 aliphatic heterocycles. The van der Waals surface area contributed by atoms with Crippen LogP contribution in [0.4, 0.5) is 5.69 Å². The third-order valence-electron chi connectivity index (χ3n) is 5.87. The first-order valence-corrected chi connectivity index (χ1v) is 10.1. The van der Waals surface area contributed by atoms with E-state index in [9.17, 15) is 9.59 Å². The Bertz CT molecular complexity index is 880. The van der Waals surface area contributed by atoms with Crippen LogP contribution in [0.25, 0.3) is 0 Å². The third-order valence-corrected chi connectivity index (χ3v) is 5.87. The molecule has 1 N–H and O–H groups in total. The molecule has 2 amide bonds. The van der Waals surface area contributed by atoms with Crippen molar-refractivity contribution in [1.82, 2.24) is 10.2 Å². The first-order valence-electron chi connectivity index (χ1n) is 10.1. The molecule has 5 heteroatoms. The molecule has 2 heterocycles. The van der Waals surface area contributed by atoms with Crippen molar-refractivity contribution in [2.45, 2.75) is 31.7 Å². The first-order chi connectivity index (χ1) is 13.7. The van der Waals surface area contributed by atoms with Crippen LogP contribution in [0, 0.1) is 0 Å².